The first-order chi connectivity index (χ1) is 7.10. The van der Waals surface area contributed by atoms with E-state index in [2.05, 4.69) is 4.98 Å². The van der Waals surface area contributed by atoms with Gasteiger partial charge in [0, 0.05) is 0 Å². The van der Waals surface area contributed by atoms with Crippen LogP contribution in [0.15, 0.2) is 6.07 Å². The molecule has 0 unspecified atom stereocenters. The van der Waals surface area contributed by atoms with Crippen LogP contribution in [0.5, 0.6) is 0 Å². The highest BCUT2D eigenvalue weighted by molar-refractivity contribution is 5.35. The molecule has 3 nitrogen and oxygen atoms in total. The zero-order chi connectivity index (χ0) is 11.4. The van der Waals surface area contributed by atoms with Crippen molar-refractivity contribution in [3.63, 3.8) is 0 Å². The van der Waals surface area contributed by atoms with Gasteiger partial charge >= 0.3 is 0 Å². The van der Waals surface area contributed by atoms with Gasteiger partial charge in [0.15, 0.2) is 0 Å². The van der Waals surface area contributed by atoms with Crippen molar-refractivity contribution >= 4 is 0 Å². The average molecular weight is 211 g/mol. The van der Waals surface area contributed by atoms with Crippen molar-refractivity contribution in [2.24, 2.45) is 0 Å². The van der Waals surface area contributed by atoms with Gasteiger partial charge in [0.1, 0.15) is 11.8 Å². The highest BCUT2D eigenvalue weighted by atomic mass is 19.3. The molecule has 0 fully saturated rings. The summed E-state index contributed by atoms with van der Waals surface area (Å²) >= 11 is 0. The van der Waals surface area contributed by atoms with Crippen molar-refractivity contribution in [1.82, 2.24) is 4.98 Å². The zero-order valence-corrected chi connectivity index (χ0v) is 7.34. The van der Waals surface area contributed by atoms with Gasteiger partial charge in [-0.15, -0.1) is 0 Å². The Balaban J connectivity index is 3.38. The van der Waals surface area contributed by atoms with Gasteiger partial charge in [-0.05, 0) is 11.6 Å². The van der Waals surface area contributed by atoms with Crippen molar-refractivity contribution in [2.45, 2.75) is 12.8 Å². The normalized spacial score (nSPS) is 9.73. The van der Waals surface area contributed by atoms with Crippen LogP contribution >= 0.6 is 0 Å². The summed E-state index contributed by atoms with van der Waals surface area (Å²) in [4.78, 5) is 3.04. The second kappa shape index (κ2) is 4.43. The molecule has 76 valence electrons. The first-order valence-corrected chi connectivity index (χ1v) is 3.84. The third-order valence-electron chi connectivity index (χ3n) is 1.70. The lowest BCUT2D eigenvalue weighted by Gasteiger charge is -2.06. The van der Waals surface area contributed by atoms with Gasteiger partial charge in [-0.1, -0.05) is 0 Å². The minimum atomic E-state index is -3.05. The Labute approximate surface area is 83.4 Å². The van der Waals surface area contributed by atoms with E-state index in [1.165, 1.54) is 6.07 Å². The molecule has 0 N–H and O–H groups in total. The summed E-state index contributed by atoms with van der Waals surface area (Å²) in [5.41, 5.74) is -1.42. The molecule has 1 rings (SSSR count). The first-order valence-electron chi connectivity index (χ1n) is 3.84. The van der Waals surface area contributed by atoms with Crippen LogP contribution in [0.1, 0.15) is 23.2 Å². The molecule has 1 aromatic rings. The summed E-state index contributed by atoms with van der Waals surface area (Å²) in [6.07, 6.45) is -3.43. The Morgan fingerprint density at radius 1 is 1.40 bits per heavy atom. The maximum absolute atomic E-state index is 13.0. The van der Waals surface area contributed by atoms with Gasteiger partial charge in [-0.25, -0.2) is 13.8 Å². The molecular weight excluding hydrogens is 207 g/mol. The number of rotatable bonds is 2. The Kier molecular flexibility index (Phi) is 3.25. The molecule has 6 heteroatoms. The fourth-order valence-corrected chi connectivity index (χ4v) is 1.09. The van der Waals surface area contributed by atoms with Crippen molar-refractivity contribution in [3.05, 3.63) is 28.8 Å². The van der Waals surface area contributed by atoms with Gasteiger partial charge in [-0.2, -0.15) is 14.9 Å². The van der Waals surface area contributed by atoms with E-state index in [1.54, 1.807) is 6.07 Å². The molecular formula is C9H4F3N3. The number of halogens is 3. The number of hydrogen-bond acceptors (Lipinski definition) is 3. The second-order valence-electron chi connectivity index (χ2n) is 2.62. The summed E-state index contributed by atoms with van der Waals surface area (Å²) in [6, 6.07) is 4.14. The van der Waals surface area contributed by atoms with E-state index in [0.717, 1.165) is 6.07 Å². The van der Waals surface area contributed by atoms with Crippen molar-refractivity contribution in [1.29, 1.82) is 10.5 Å². The van der Waals surface area contributed by atoms with Gasteiger partial charge in [0.2, 0.25) is 5.95 Å². The van der Waals surface area contributed by atoms with Crippen LogP contribution in [0, 0.1) is 28.6 Å². The van der Waals surface area contributed by atoms with Crippen molar-refractivity contribution < 1.29 is 13.2 Å². The number of nitriles is 2. The monoisotopic (exact) mass is 211 g/mol. The van der Waals surface area contributed by atoms with Gasteiger partial charge < -0.3 is 0 Å². The van der Waals surface area contributed by atoms with Crippen LogP contribution in [-0.2, 0) is 6.42 Å². The maximum atomic E-state index is 13.0. The summed E-state index contributed by atoms with van der Waals surface area (Å²) in [7, 11) is 0. The lowest BCUT2D eigenvalue weighted by Crippen LogP contribution is -2.03. The molecule has 0 aromatic carbocycles. The lowest BCUT2D eigenvalue weighted by atomic mass is 10.1. The van der Waals surface area contributed by atoms with Crippen molar-refractivity contribution in [3.8, 4) is 12.1 Å². The third-order valence-corrected chi connectivity index (χ3v) is 1.70. The first kappa shape index (κ1) is 11.0. The molecule has 0 spiro atoms. The lowest BCUT2D eigenvalue weighted by molar-refractivity contribution is 0.144. The smallest absolute Gasteiger partial charge is 0.208 e. The predicted octanol–water partition coefficient (Wildman–Crippen LogP) is 2.10. The molecule has 1 aromatic heterocycles. The Hall–Kier alpha value is -2.08. The van der Waals surface area contributed by atoms with E-state index in [1.807, 2.05) is 0 Å². The highest BCUT2D eigenvalue weighted by Gasteiger charge is 2.20. The fourth-order valence-electron chi connectivity index (χ4n) is 1.09. The Morgan fingerprint density at radius 2 is 2.07 bits per heavy atom. The molecule has 0 atom stereocenters. The molecule has 0 aliphatic carbocycles. The fraction of sp³-hybridized carbons (Fsp3) is 0.222. The second-order valence-corrected chi connectivity index (χ2v) is 2.62. The summed E-state index contributed by atoms with van der Waals surface area (Å²) in [5, 5.41) is 16.8. The molecule has 0 amide bonds. The average Bonchev–Trinajstić information content (AvgIpc) is 2.16. The minimum absolute atomic E-state index is 0.198. The van der Waals surface area contributed by atoms with Gasteiger partial charge in [0.05, 0.1) is 18.1 Å². The van der Waals surface area contributed by atoms with Crippen LogP contribution in [0.2, 0.25) is 0 Å². The number of alkyl halides is 2. The van der Waals surface area contributed by atoms with E-state index in [4.69, 9.17) is 10.5 Å². The Morgan fingerprint density at radius 3 is 2.53 bits per heavy atom. The van der Waals surface area contributed by atoms with Crippen LogP contribution in [0.3, 0.4) is 0 Å². The van der Waals surface area contributed by atoms with Crippen LogP contribution in [0.25, 0.3) is 0 Å². The number of hydrogen-bond donors (Lipinski definition) is 0. The van der Waals surface area contributed by atoms with E-state index in [-0.39, 0.29) is 17.7 Å². The number of nitrogens with zero attached hydrogens (tertiary/aromatic N) is 3. The molecule has 0 bridgehead atoms. The maximum Gasteiger partial charge on any atom is 0.268 e. The van der Waals surface area contributed by atoms with Crippen LogP contribution in [-0.4, -0.2) is 4.98 Å². The largest absolute Gasteiger partial charge is 0.268 e. The Bertz CT molecular complexity index is 457. The molecule has 0 saturated heterocycles. The van der Waals surface area contributed by atoms with Crippen LogP contribution < -0.4 is 0 Å². The molecule has 0 aliphatic heterocycles. The topological polar surface area (TPSA) is 60.5 Å². The number of pyridine rings is 1. The van der Waals surface area contributed by atoms with Gasteiger partial charge in [-0.3, -0.25) is 0 Å². The summed E-state index contributed by atoms with van der Waals surface area (Å²) in [6.45, 7) is 0. The molecule has 15 heavy (non-hydrogen) atoms. The minimum Gasteiger partial charge on any atom is -0.208 e. The predicted molar refractivity (Wildman–Crippen MR) is 43.2 cm³/mol. The number of aromatic nitrogens is 1. The zero-order valence-electron chi connectivity index (χ0n) is 7.34. The molecule has 0 aliphatic rings. The summed E-state index contributed by atoms with van der Waals surface area (Å²) < 4.78 is 37.8. The SMILES string of the molecule is N#CCc1cc(C#N)nc(F)c1C(F)F. The summed E-state index contributed by atoms with van der Waals surface area (Å²) in [5.74, 6) is -1.39. The van der Waals surface area contributed by atoms with Crippen molar-refractivity contribution in [2.75, 3.05) is 0 Å². The van der Waals surface area contributed by atoms with E-state index < -0.39 is 17.9 Å². The van der Waals surface area contributed by atoms with Gasteiger partial charge in [0.25, 0.3) is 6.43 Å². The van der Waals surface area contributed by atoms with E-state index in [0.29, 0.717) is 0 Å². The third kappa shape index (κ3) is 2.23. The highest BCUT2D eigenvalue weighted by Crippen LogP contribution is 2.25. The molecule has 0 radical (unpaired) electrons. The quantitative estimate of drug-likeness (QED) is 0.703. The van der Waals surface area contributed by atoms with E-state index >= 15 is 0 Å². The molecule has 1 heterocycles. The van der Waals surface area contributed by atoms with E-state index in [9.17, 15) is 13.2 Å². The molecule has 0 saturated carbocycles. The standard InChI is InChI=1S/C9H4F3N3/c10-8(11)7-5(1-2-13)3-6(4-14)15-9(7)12/h3,8H,1H2. The van der Waals surface area contributed by atoms with Crippen LogP contribution in [0.4, 0.5) is 13.2 Å².